The van der Waals surface area contributed by atoms with E-state index in [1.54, 1.807) is 0 Å². The van der Waals surface area contributed by atoms with Crippen molar-refractivity contribution in [3.8, 4) is 0 Å². The highest BCUT2D eigenvalue weighted by Gasteiger charge is 2.29. The molecule has 1 N–H and O–H groups in total. The highest BCUT2D eigenvalue weighted by molar-refractivity contribution is 5.74. The molecule has 0 spiro atoms. The van der Waals surface area contributed by atoms with Crippen molar-refractivity contribution in [2.24, 2.45) is 5.92 Å². The van der Waals surface area contributed by atoms with Crippen LogP contribution in [0.15, 0.2) is 30.3 Å². The zero-order chi connectivity index (χ0) is 14.5. The second kappa shape index (κ2) is 6.94. The molecule has 4 nitrogen and oxygen atoms in total. The van der Waals surface area contributed by atoms with Crippen LogP contribution in [-0.2, 0) is 4.74 Å². The van der Waals surface area contributed by atoms with E-state index in [2.05, 4.69) is 29.6 Å². The van der Waals surface area contributed by atoms with E-state index in [1.165, 1.54) is 31.2 Å². The molecule has 1 heterocycles. The van der Waals surface area contributed by atoms with Gasteiger partial charge in [-0.1, -0.05) is 43.2 Å². The van der Waals surface area contributed by atoms with E-state index in [0.717, 1.165) is 0 Å². The Kier molecular flexibility index (Phi) is 4.76. The summed E-state index contributed by atoms with van der Waals surface area (Å²) in [5.41, 5.74) is 1.23. The lowest BCUT2D eigenvalue weighted by Crippen LogP contribution is -2.48. The summed E-state index contributed by atoms with van der Waals surface area (Å²) in [6.45, 7) is 2.68. The van der Waals surface area contributed by atoms with Gasteiger partial charge in [0, 0.05) is 13.1 Å². The first-order valence-electron chi connectivity index (χ1n) is 8.03. The van der Waals surface area contributed by atoms with Gasteiger partial charge in [0.25, 0.3) is 0 Å². The van der Waals surface area contributed by atoms with Crippen molar-refractivity contribution in [2.45, 2.75) is 31.7 Å². The molecule has 1 aromatic rings. The second-order valence-corrected chi connectivity index (χ2v) is 5.98. The molecule has 1 saturated heterocycles. The average molecular weight is 288 g/mol. The smallest absolute Gasteiger partial charge is 0.318 e. The number of amides is 2. The summed E-state index contributed by atoms with van der Waals surface area (Å²) >= 11 is 0. The van der Waals surface area contributed by atoms with Gasteiger partial charge in [-0.2, -0.15) is 0 Å². The third kappa shape index (κ3) is 3.56. The maximum atomic E-state index is 12.5. The van der Waals surface area contributed by atoms with Crippen LogP contribution in [0, 0.1) is 5.92 Å². The number of nitrogens with zero attached hydrogens (tertiary/aromatic N) is 1. The zero-order valence-electron chi connectivity index (χ0n) is 12.5. The predicted molar refractivity (Wildman–Crippen MR) is 82.1 cm³/mol. The summed E-state index contributed by atoms with van der Waals surface area (Å²) in [6.07, 6.45) is 4.98. The second-order valence-electron chi connectivity index (χ2n) is 5.98. The monoisotopic (exact) mass is 288 g/mol. The molecule has 4 heteroatoms. The number of carbonyl (C=O) groups excluding carboxylic acids is 1. The lowest BCUT2D eigenvalue weighted by Gasteiger charge is -2.31. The van der Waals surface area contributed by atoms with Crippen molar-refractivity contribution in [3.63, 3.8) is 0 Å². The van der Waals surface area contributed by atoms with Crippen molar-refractivity contribution >= 4 is 6.03 Å². The summed E-state index contributed by atoms with van der Waals surface area (Å²) in [5, 5.41) is 3.28. The van der Waals surface area contributed by atoms with E-state index < -0.39 is 0 Å². The molecule has 2 fully saturated rings. The van der Waals surface area contributed by atoms with E-state index >= 15 is 0 Å². The Morgan fingerprint density at radius 2 is 1.81 bits per heavy atom. The molecule has 1 unspecified atom stereocenters. The van der Waals surface area contributed by atoms with Crippen LogP contribution in [0.3, 0.4) is 0 Å². The quantitative estimate of drug-likeness (QED) is 0.929. The first kappa shape index (κ1) is 14.4. The van der Waals surface area contributed by atoms with Crippen molar-refractivity contribution in [1.82, 2.24) is 10.2 Å². The number of rotatable bonds is 3. The maximum absolute atomic E-state index is 12.5. The van der Waals surface area contributed by atoms with Gasteiger partial charge in [0.2, 0.25) is 0 Å². The number of urea groups is 1. The minimum atomic E-state index is 0.0547. The third-order valence-electron chi connectivity index (χ3n) is 4.61. The molecule has 1 saturated carbocycles. The van der Waals surface area contributed by atoms with Crippen molar-refractivity contribution in [2.75, 3.05) is 26.3 Å². The Labute approximate surface area is 126 Å². The SMILES string of the molecule is O=C(NC(c1ccccc1)C1CCCC1)N1CCOCC1. The Hall–Kier alpha value is -1.55. The molecule has 1 aliphatic heterocycles. The lowest BCUT2D eigenvalue weighted by molar-refractivity contribution is 0.0519. The topological polar surface area (TPSA) is 41.6 Å². The van der Waals surface area contributed by atoms with Gasteiger partial charge in [-0.05, 0) is 24.3 Å². The molecule has 1 aliphatic carbocycles. The fourth-order valence-electron chi connectivity index (χ4n) is 3.42. The van der Waals surface area contributed by atoms with E-state index in [-0.39, 0.29) is 12.1 Å². The summed E-state index contributed by atoms with van der Waals surface area (Å²) in [7, 11) is 0. The standard InChI is InChI=1S/C17H24N2O2/c20-17(19-10-12-21-13-11-19)18-16(15-8-4-5-9-15)14-6-2-1-3-7-14/h1-3,6-7,15-16H,4-5,8-13H2,(H,18,20). The number of carbonyl (C=O) groups is 1. The van der Waals surface area contributed by atoms with Gasteiger partial charge in [-0.15, -0.1) is 0 Å². The largest absolute Gasteiger partial charge is 0.378 e. The Morgan fingerprint density at radius 1 is 1.14 bits per heavy atom. The number of morpholine rings is 1. The van der Waals surface area contributed by atoms with Crippen molar-refractivity contribution < 1.29 is 9.53 Å². The maximum Gasteiger partial charge on any atom is 0.318 e. The molecule has 3 rings (SSSR count). The van der Waals surface area contributed by atoms with Crippen LogP contribution in [0.25, 0.3) is 0 Å². The molecule has 0 radical (unpaired) electrons. The van der Waals surface area contributed by atoms with Gasteiger partial charge in [0.1, 0.15) is 0 Å². The van der Waals surface area contributed by atoms with Gasteiger partial charge < -0.3 is 15.0 Å². The summed E-state index contributed by atoms with van der Waals surface area (Å²) in [4.78, 5) is 14.4. The van der Waals surface area contributed by atoms with Gasteiger partial charge in [-0.3, -0.25) is 0 Å². The molecule has 21 heavy (non-hydrogen) atoms. The third-order valence-corrected chi connectivity index (χ3v) is 4.61. The van der Waals surface area contributed by atoms with Crippen LogP contribution in [0.2, 0.25) is 0 Å². The molecular weight excluding hydrogens is 264 g/mol. The molecular formula is C17H24N2O2. The van der Waals surface area contributed by atoms with E-state index in [9.17, 15) is 4.79 Å². The van der Waals surface area contributed by atoms with E-state index in [1.807, 2.05) is 11.0 Å². The fourth-order valence-corrected chi connectivity index (χ4v) is 3.42. The Morgan fingerprint density at radius 3 is 2.48 bits per heavy atom. The van der Waals surface area contributed by atoms with E-state index in [0.29, 0.717) is 32.2 Å². The minimum Gasteiger partial charge on any atom is -0.378 e. The van der Waals surface area contributed by atoms with Gasteiger partial charge in [-0.25, -0.2) is 4.79 Å². The first-order chi connectivity index (χ1) is 10.3. The summed E-state index contributed by atoms with van der Waals surface area (Å²) in [5.74, 6) is 0.567. The van der Waals surface area contributed by atoms with Crippen LogP contribution in [-0.4, -0.2) is 37.2 Å². The van der Waals surface area contributed by atoms with Crippen LogP contribution in [0.1, 0.15) is 37.3 Å². The first-order valence-corrected chi connectivity index (χ1v) is 8.03. The predicted octanol–water partition coefficient (Wildman–Crippen LogP) is 2.96. The number of hydrogen-bond acceptors (Lipinski definition) is 2. The lowest BCUT2D eigenvalue weighted by atomic mass is 9.92. The van der Waals surface area contributed by atoms with Crippen LogP contribution >= 0.6 is 0 Å². The molecule has 2 amide bonds. The number of ether oxygens (including phenoxy) is 1. The Bertz CT molecular complexity index is 451. The fraction of sp³-hybridized carbons (Fsp3) is 0.588. The van der Waals surface area contributed by atoms with Crippen molar-refractivity contribution in [1.29, 1.82) is 0 Å². The van der Waals surface area contributed by atoms with Gasteiger partial charge in [0.15, 0.2) is 0 Å². The molecule has 0 bridgehead atoms. The summed E-state index contributed by atoms with van der Waals surface area (Å²) in [6, 6.07) is 10.6. The van der Waals surface area contributed by atoms with Gasteiger partial charge in [0.05, 0.1) is 19.3 Å². The number of hydrogen-bond donors (Lipinski definition) is 1. The average Bonchev–Trinajstić information content (AvgIpc) is 3.08. The van der Waals surface area contributed by atoms with Gasteiger partial charge >= 0.3 is 6.03 Å². The summed E-state index contributed by atoms with van der Waals surface area (Å²) < 4.78 is 5.32. The Balaban J connectivity index is 1.71. The van der Waals surface area contributed by atoms with Crippen molar-refractivity contribution in [3.05, 3.63) is 35.9 Å². The van der Waals surface area contributed by atoms with Crippen LogP contribution < -0.4 is 5.32 Å². The number of nitrogens with one attached hydrogen (secondary N) is 1. The highest BCUT2D eigenvalue weighted by Crippen LogP contribution is 2.35. The molecule has 1 aromatic carbocycles. The highest BCUT2D eigenvalue weighted by atomic mass is 16.5. The molecule has 1 atom stereocenters. The van der Waals surface area contributed by atoms with Crippen LogP contribution in [0.5, 0.6) is 0 Å². The van der Waals surface area contributed by atoms with Crippen LogP contribution in [0.4, 0.5) is 4.79 Å². The number of benzene rings is 1. The molecule has 114 valence electrons. The zero-order valence-corrected chi connectivity index (χ0v) is 12.5. The van der Waals surface area contributed by atoms with E-state index in [4.69, 9.17) is 4.74 Å². The molecule has 0 aromatic heterocycles. The normalized spacial score (nSPS) is 21.2. The minimum absolute atomic E-state index is 0.0547. The molecule has 2 aliphatic rings.